The van der Waals surface area contributed by atoms with Crippen LogP contribution in [0.4, 0.5) is 0 Å². The largest absolute Gasteiger partial charge is 0.492 e. The Hall–Kier alpha value is -0.140. The zero-order valence-electron chi connectivity index (χ0n) is 12.9. The lowest BCUT2D eigenvalue weighted by atomic mass is 10.2. The molecule has 4 nitrogen and oxygen atoms in total. The predicted molar refractivity (Wildman–Crippen MR) is 94.1 cm³/mol. The Balaban J connectivity index is 2.47. The Morgan fingerprint density at radius 2 is 2.00 bits per heavy atom. The van der Waals surface area contributed by atoms with Gasteiger partial charge in [0.1, 0.15) is 5.75 Å². The molecule has 0 unspecified atom stereocenters. The zero-order chi connectivity index (χ0) is 15.7. The first-order valence-corrected chi connectivity index (χ1v) is 8.66. The summed E-state index contributed by atoms with van der Waals surface area (Å²) >= 11 is 7.08. The molecular weight excluding hydrogens is 400 g/mol. The van der Waals surface area contributed by atoms with E-state index in [2.05, 4.69) is 55.2 Å². The Kier molecular flexibility index (Phi) is 9.51. The molecule has 0 spiro atoms. The van der Waals surface area contributed by atoms with Crippen LogP contribution < -0.4 is 10.1 Å². The van der Waals surface area contributed by atoms with Crippen molar-refractivity contribution in [3.63, 3.8) is 0 Å². The third kappa shape index (κ3) is 7.10. The summed E-state index contributed by atoms with van der Waals surface area (Å²) in [6.45, 7) is 7.07. The lowest BCUT2D eigenvalue weighted by molar-refractivity contribution is 0.161. The molecular formula is C15H24Br2N2O2. The minimum absolute atomic E-state index is 0.660. The fraction of sp³-hybridized carbons (Fsp3) is 0.600. The molecule has 0 radical (unpaired) electrons. The Labute approximate surface area is 144 Å². The number of nitrogens with one attached hydrogen (secondary N) is 1. The van der Waals surface area contributed by atoms with Crippen LogP contribution in [-0.2, 0) is 11.3 Å². The molecule has 0 aliphatic heterocycles. The lowest BCUT2D eigenvalue weighted by Gasteiger charge is -2.17. The maximum absolute atomic E-state index is 5.72. The van der Waals surface area contributed by atoms with E-state index in [1.54, 1.807) is 7.11 Å². The molecule has 1 rings (SSSR count). The van der Waals surface area contributed by atoms with Gasteiger partial charge in [-0.2, -0.15) is 0 Å². The van der Waals surface area contributed by atoms with Gasteiger partial charge < -0.3 is 19.7 Å². The van der Waals surface area contributed by atoms with Gasteiger partial charge in [0.15, 0.2) is 0 Å². The molecule has 6 heteroatoms. The van der Waals surface area contributed by atoms with Gasteiger partial charge in [-0.3, -0.25) is 0 Å². The van der Waals surface area contributed by atoms with E-state index in [1.807, 2.05) is 13.0 Å². The number of benzene rings is 1. The molecule has 0 atom stereocenters. The van der Waals surface area contributed by atoms with Crippen LogP contribution in [-0.4, -0.2) is 51.9 Å². The number of ether oxygens (including phenoxy) is 2. The fourth-order valence-electron chi connectivity index (χ4n) is 1.90. The smallest absolute Gasteiger partial charge is 0.138 e. The van der Waals surface area contributed by atoms with Gasteiger partial charge in [0.05, 0.1) is 17.7 Å². The van der Waals surface area contributed by atoms with Gasteiger partial charge >= 0.3 is 0 Å². The highest BCUT2D eigenvalue weighted by molar-refractivity contribution is 9.11. The van der Waals surface area contributed by atoms with Crippen LogP contribution in [0.5, 0.6) is 5.75 Å². The van der Waals surface area contributed by atoms with Gasteiger partial charge in [0.25, 0.3) is 0 Å². The van der Waals surface area contributed by atoms with Crippen molar-refractivity contribution in [2.24, 2.45) is 0 Å². The molecule has 0 fully saturated rings. The molecule has 0 bridgehead atoms. The van der Waals surface area contributed by atoms with Crippen molar-refractivity contribution in [1.29, 1.82) is 0 Å². The summed E-state index contributed by atoms with van der Waals surface area (Å²) in [5, 5.41) is 3.46. The Morgan fingerprint density at radius 3 is 2.67 bits per heavy atom. The summed E-state index contributed by atoms with van der Waals surface area (Å²) in [4.78, 5) is 2.25. The first kappa shape index (κ1) is 18.9. The van der Waals surface area contributed by atoms with Crippen molar-refractivity contribution in [3.8, 4) is 5.75 Å². The number of methoxy groups -OCH3 is 1. The highest BCUT2D eigenvalue weighted by Gasteiger charge is 2.09. The van der Waals surface area contributed by atoms with Crippen molar-refractivity contribution >= 4 is 31.9 Å². The molecule has 21 heavy (non-hydrogen) atoms. The molecule has 0 aromatic heterocycles. The summed E-state index contributed by atoms with van der Waals surface area (Å²) in [5.41, 5.74) is 1.15. The zero-order valence-corrected chi connectivity index (χ0v) is 16.1. The van der Waals surface area contributed by atoms with E-state index < -0.39 is 0 Å². The summed E-state index contributed by atoms with van der Waals surface area (Å²) in [5.74, 6) is 0.918. The topological polar surface area (TPSA) is 33.7 Å². The first-order valence-electron chi connectivity index (χ1n) is 7.07. The first-order chi connectivity index (χ1) is 10.1. The van der Waals surface area contributed by atoms with Crippen LogP contribution in [0.3, 0.4) is 0 Å². The predicted octanol–water partition coefficient (Wildman–Crippen LogP) is 3.28. The second-order valence-electron chi connectivity index (χ2n) is 4.78. The Bertz CT molecular complexity index is 430. The lowest BCUT2D eigenvalue weighted by Crippen LogP contribution is -2.31. The van der Waals surface area contributed by atoms with Gasteiger partial charge in [0.2, 0.25) is 0 Å². The van der Waals surface area contributed by atoms with Crippen LogP contribution >= 0.6 is 31.9 Å². The third-order valence-electron chi connectivity index (χ3n) is 3.04. The van der Waals surface area contributed by atoms with Crippen molar-refractivity contribution < 1.29 is 9.47 Å². The molecule has 0 aliphatic carbocycles. The van der Waals surface area contributed by atoms with Crippen LogP contribution in [0, 0.1) is 0 Å². The van der Waals surface area contributed by atoms with E-state index >= 15 is 0 Å². The van der Waals surface area contributed by atoms with Gasteiger partial charge in [-0.1, -0.05) is 15.9 Å². The van der Waals surface area contributed by atoms with Crippen molar-refractivity contribution in [2.45, 2.75) is 13.5 Å². The van der Waals surface area contributed by atoms with Crippen LogP contribution in [0.2, 0.25) is 0 Å². The average Bonchev–Trinajstić information content (AvgIpc) is 2.44. The minimum Gasteiger partial charge on any atom is -0.492 e. The maximum Gasteiger partial charge on any atom is 0.138 e. The number of likely N-dealkylation sites (N-methyl/N-ethyl adjacent to an activating group) is 1. The number of halogens is 2. The molecule has 0 heterocycles. The molecule has 1 N–H and O–H groups in total. The highest BCUT2D eigenvalue weighted by Crippen LogP contribution is 2.32. The normalized spacial score (nSPS) is 11.1. The summed E-state index contributed by atoms with van der Waals surface area (Å²) in [6, 6.07) is 4.10. The fourth-order valence-corrected chi connectivity index (χ4v) is 3.33. The van der Waals surface area contributed by atoms with Gasteiger partial charge in [0, 0.05) is 43.3 Å². The van der Waals surface area contributed by atoms with E-state index in [4.69, 9.17) is 9.47 Å². The molecule has 0 saturated carbocycles. The average molecular weight is 424 g/mol. The van der Waals surface area contributed by atoms with Gasteiger partial charge in [-0.15, -0.1) is 0 Å². The molecule has 0 amide bonds. The maximum atomic E-state index is 5.72. The SMILES string of the molecule is CCOc1c(Br)cc(Br)cc1CNCCN(C)CCOC. The number of hydrogen-bond acceptors (Lipinski definition) is 4. The molecule has 0 aliphatic rings. The van der Waals surface area contributed by atoms with Crippen molar-refractivity contribution in [3.05, 3.63) is 26.6 Å². The molecule has 120 valence electrons. The minimum atomic E-state index is 0.660. The standard InChI is InChI=1S/C15H24Br2N2O2/c1-4-21-15-12(9-13(16)10-14(15)17)11-18-5-6-19(2)7-8-20-3/h9-10,18H,4-8,11H2,1-3H3. The van der Waals surface area contributed by atoms with Gasteiger partial charge in [-0.05, 0) is 42.0 Å². The number of hydrogen-bond donors (Lipinski definition) is 1. The van der Waals surface area contributed by atoms with Crippen LogP contribution in [0.25, 0.3) is 0 Å². The van der Waals surface area contributed by atoms with E-state index in [1.165, 1.54) is 0 Å². The number of nitrogens with zero attached hydrogens (tertiary/aromatic N) is 1. The molecule has 1 aromatic rings. The third-order valence-corrected chi connectivity index (χ3v) is 4.08. The van der Waals surface area contributed by atoms with Crippen molar-refractivity contribution in [1.82, 2.24) is 10.2 Å². The summed E-state index contributed by atoms with van der Waals surface area (Å²) in [7, 11) is 3.83. The van der Waals surface area contributed by atoms with E-state index in [0.717, 1.165) is 53.0 Å². The molecule has 0 saturated heterocycles. The van der Waals surface area contributed by atoms with E-state index in [-0.39, 0.29) is 0 Å². The summed E-state index contributed by atoms with van der Waals surface area (Å²) < 4.78 is 12.8. The van der Waals surface area contributed by atoms with Crippen molar-refractivity contribution in [2.75, 3.05) is 47.0 Å². The highest BCUT2D eigenvalue weighted by atomic mass is 79.9. The second-order valence-corrected chi connectivity index (χ2v) is 6.55. The van der Waals surface area contributed by atoms with E-state index in [9.17, 15) is 0 Å². The van der Waals surface area contributed by atoms with Crippen LogP contribution in [0.1, 0.15) is 12.5 Å². The Morgan fingerprint density at radius 1 is 1.24 bits per heavy atom. The van der Waals surface area contributed by atoms with Crippen LogP contribution in [0.15, 0.2) is 21.1 Å². The molecule has 1 aromatic carbocycles. The monoisotopic (exact) mass is 422 g/mol. The quantitative estimate of drug-likeness (QED) is 0.585. The number of rotatable bonds is 10. The second kappa shape index (κ2) is 10.6. The van der Waals surface area contributed by atoms with E-state index in [0.29, 0.717) is 6.61 Å². The van der Waals surface area contributed by atoms with Gasteiger partial charge in [-0.25, -0.2) is 0 Å². The summed E-state index contributed by atoms with van der Waals surface area (Å²) in [6.07, 6.45) is 0.